The van der Waals surface area contributed by atoms with E-state index in [1.54, 1.807) is 0 Å². The third-order valence-electron chi connectivity index (χ3n) is 2.87. The average Bonchev–Trinajstić information content (AvgIpc) is 2.30. The fraction of sp³-hybridized carbons (Fsp3) is 0.364. The van der Waals surface area contributed by atoms with Crippen molar-refractivity contribution >= 4 is 21.6 Å². The van der Waals surface area contributed by atoms with Crippen LogP contribution in [0.4, 0.5) is 14.5 Å². The highest BCUT2D eigenvalue weighted by molar-refractivity contribution is 7.89. The highest BCUT2D eigenvalue weighted by atomic mass is 32.2. The summed E-state index contributed by atoms with van der Waals surface area (Å²) in [6, 6.07) is 0.377. The maximum atomic E-state index is 13.6. The molecule has 1 aliphatic heterocycles. The van der Waals surface area contributed by atoms with E-state index in [2.05, 4.69) is 5.32 Å². The summed E-state index contributed by atoms with van der Waals surface area (Å²) in [5.41, 5.74) is 4.99. The van der Waals surface area contributed by atoms with Crippen molar-refractivity contribution in [3.63, 3.8) is 0 Å². The number of nitrogens with two attached hydrogens (primary N) is 1. The van der Waals surface area contributed by atoms with Crippen LogP contribution in [0.5, 0.6) is 0 Å². The summed E-state index contributed by atoms with van der Waals surface area (Å²) >= 11 is 0. The summed E-state index contributed by atoms with van der Waals surface area (Å²) in [6.45, 7) is 0.446. The topological polar surface area (TPSA) is 101 Å². The first kappa shape index (κ1) is 14.7. The lowest BCUT2D eigenvalue weighted by Crippen LogP contribution is -2.50. The Kier molecular flexibility index (Phi) is 3.91. The number of amides is 1. The van der Waals surface area contributed by atoms with Gasteiger partial charge < -0.3 is 11.1 Å². The molecule has 0 bridgehead atoms. The molecule has 1 fully saturated rings. The van der Waals surface area contributed by atoms with Gasteiger partial charge >= 0.3 is 0 Å². The van der Waals surface area contributed by atoms with Crippen LogP contribution < -0.4 is 15.8 Å². The second-order valence-corrected chi connectivity index (χ2v) is 6.07. The molecule has 1 amide bonds. The summed E-state index contributed by atoms with van der Waals surface area (Å²) < 4.78 is 53.2. The number of sulfonamides is 1. The van der Waals surface area contributed by atoms with Gasteiger partial charge in [0.15, 0.2) is 4.90 Å². The van der Waals surface area contributed by atoms with Gasteiger partial charge in [-0.2, -0.15) is 4.72 Å². The zero-order chi connectivity index (χ0) is 14.9. The number of hydrogen-bond donors (Lipinski definition) is 3. The zero-order valence-electron chi connectivity index (χ0n) is 10.3. The Balaban J connectivity index is 2.33. The fourth-order valence-electron chi connectivity index (χ4n) is 1.97. The van der Waals surface area contributed by atoms with Gasteiger partial charge in [-0.3, -0.25) is 4.79 Å². The zero-order valence-corrected chi connectivity index (χ0v) is 11.1. The lowest BCUT2D eigenvalue weighted by molar-refractivity contribution is -0.124. The molecule has 110 valence electrons. The molecule has 6 nitrogen and oxygen atoms in total. The van der Waals surface area contributed by atoms with Crippen molar-refractivity contribution in [2.45, 2.75) is 23.8 Å². The number of rotatable bonds is 3. The standard InChI is InChI=1S/C11H13F2N3O3S/c12-7-4-6(14)5-8(13)10(7)20(18,19)16-9-2-1-3-15-11(9)17/h4-5,9,16H,1-3,14H2,(H,15,17). The number of nitrogens with one attached hydrogen (secondary N) is 2. The third-order valence-corrected chi connectivity index (χ3v) is 4.39. The molecule has 0 radical (unpaired) electrons. The molecule has 4 N–H and O–H groups in total. The molecular formula is C11H13F2N3O3S. The SMILES string of the molecule is Nc1cc(F)c(S(=O)(=O)NC2CCCNC2=O)c(F)c1. The Hall–Kier alpha value is -1.74. The van der Waals surface area contributed by atoms with Gasteiger partial charge in [-0.05, 0) is 25.0 Å². The molecule has 2 rings (SSSR count). The van der Waals surface area contributed by atoms with Gasteiger partial charge in [-0.25, -0.2) is 17.2 Å². The normalized spacial score (nSPS) is 19.7. The number of hydrogen-bond acceptors (Lipinski definition) is 4. The van der Waals surface area contributed by atoms with Crippen molar-refractivity contribution < 1.29 is 22.0 Å². The molecule has 0 spiro atoms. The van der Waals surface area contributed by atoms with Crippen molar-refractivity contribution in [3.05, 3.63) is 23.8 Å². The van der Waals surface area contributed by atoms with E-state index in [4.69, 9.17) is 5.73 Å². The van der Waals surface area contributed by atoms with Gasteiger partial charge in [0.2, 0.25) is 15.9 Å². The van der Waals surface area contributed by atoms with Crippen molar-refractivity contribution in [1.82, 2.24) is 10.0 Å². The van der Waals surface area contributed by atoms with Gasteiger partial charge in [0, 0.05) is 12.2 Å². The second kappa shape index (κ2) is 5.33. The molecule has 1 aromatic rings. The molecule has 1 saturated heterocycles. The Morgan fingerprint density at radius 1 is 1.30 bits per heavy atom. The molecule has 9 heteroatoms. The smallest absolute Gasteiger partial charge is 0.247 e. The minimum absolute atomic E-state index is 0.227. The van der Waals surface area contributed by atoms with Crippen LogP contribution in [-0.4, -0.2) is 26.9 Å². The second-order valence-electron chi connectivity index (χ2n) is 4.42. The van der Waals surface area contributed by atoms with Gasteiger partial charge in [0.25, 0.3) is 0 Å². The lowest BCUT2D eigenvalue weighted by atomic mass is 10.1. The van der Waals surface area contributed by atoms with Crippen LogP contribution in [0.3, 0.4) is 0 Å². The Bertz CT molecular complexity index is 625. The largest absolute Gasteiger partial charge is 0.399 e. The molecule has 20 heavy (non-hydrogen) atoms. The van der Waals surface area contributed by atoms with Crippen LogP contribution in [0.1, 0.15) is 12.8 Å². The lowest BCUT2D eigenvalue weighted by Gasteiger charge is -2.22. The quantitative estimate of drug-likeness (QED) is 0.690. The van der Waals surface area contributed by atoms with E-state index in [0.717, 1.165) is 0 Å². The average molecular weight is 305 g/mol. The maximum absolute atomic E-state index is 13.6. The number of anilines is 1. The van der Waals surface area contributed by atoms with Crippen LogP contribution in [-0.2, 0) is 14.8 Å². The Morgan fingerprint density at radius 2 is 1.90 bits per heavy atom. The molecule has 1 aromatic carbocycles. The summed E-state index contributed by atoms with van der Waals surface area (Å²) in [7, 11) is -4.49. The van der Waals surface area contributed by atoms with E-state index in [-0.39, 0.29) is 12.1 Å². The molecule has 1 heterocycles. The van der Waals surface area contributed by atoms with E-state index in [1.807, 2.05) is 4.72 Å². The first-order chi connectivity index (χ1) is 9.31. The maximum Gasteiger partial charge on any atom is 0.247 e. The van der Waals surface area contributed by atoms with Gasteiger partial charge in [-0.1, -0.05) is 0 Å². The molecule has 0 aliphatic carbocycles. The van der Waals surface area contributed by atoms with Crippen LogP contribution in [0.2, 0.25) is 0 Å². The minimum atomic E-state index is -4.49. The first-order valence-corrected chi connectivity index (χ1v) is 7.34. The van der Waals surface area contributed by atoms with Crippen LogP contribution in [0.25, 0.3) is 0 Å². The summed E-state index contributed by atoms with van der Waals surface area (Å²) in [4.78, 5) is 10.3. The van der Waals surface area contributed by atoms with E-state index in [1.165, 1.54) is 0 Å². The predicted octanol–water partition coefficient (Wildman–Crippen LogP) is 0.104. The summed E-state index contributed by atoms with van der Waals surface area (Å²) in [5.74, 6) is -3.12. The highest BCUT2D eigenvalue weighted by Gasteiger charge is 2.31. The van der Waals surface area contributed by atoms with Crippen molar-refractivity contribution in [2.75, 3.05) is 12.3 Å². The third kappa shape index (κ3) is 2.88. The Labute approximate surface area is 114 Å². The number of halogens is 2. The minimum Gasteiger partial charge on any atom is -0.399 e. The van der Waals surface area contributed by atoms with Crippen molar-refractivity contribution in [3.8, 4) is 0 Å². The van der Waals surface area contributed by atoms with Crippen molar-refractivity contribution in [2.24, 2.45) is 0 Å². The number of carbonyl (C=O) groups is 1. The summed E-state index contributed by atoms with van der Waals surface area (Å²) in [6.07, 6.45) is 0.842. The van der Waals surface area contributed by atoms with Crippen molar-refractivity contribution in [1.29, 1.82) is 0 Å². The van der Waals surface area contributed by atoms with Gasteiger partial charge in [0.05, 0.1) is 0 Å². The highest BCUT2D eigenvalue weighted by Crippen LogP contribution is 2.22. The van der Waals surface area contributed by atoms with Gasteiger partial charge in [0.1, 0.15) is 17.7 Å². The molecule has 0 saturated carbocycles. The van der Waals surface area contributed by atoms with E-state index >= 15 is 0 Å². The van der Waals surface area contributed by atoms with Crippen LogP contribution in [0.15, 0.2) is 17.0 Å². The first-order valence-electron chi connectivity index (χ1n) is 5.86. The number of carbonyl (C=O) groups excluding carboxylic acids is 1. The fourth-order valence-corrected chi connectivity index (χ4v) is 3.32. The van der Waals surface area contributed by atoms with E-state index < -0.39 is 38.5 Å². The van der Waals surface area contributed by atoms with Crippen LogP contribution in [0, 0.1) is 11.6 Å². The number of piperidine rings is 1. The van der Waals surface area contributed by atoms with E-state index in [0.29, 0.717) is 25.1 Å². The van der Waals surface area contributed by atoms with Crippen LogP contribution >= 0.6 is 0 Å². The Morgan fingerprint density at radius 3 is 2.45 bits per heavy atom. The molecule has 0 aromatic heterocycles. The number of benzene rings is 1. The molecule has 1 unspecified atom stereocenters. The van der Waals surface area contributed by atoms with E-state index in [9.17, 15) is 22.0 Å². The molecular weight excluding hydrogens is 292 g/mol. The predicted molar refractivity (Wildman–Crippen MR) is 67.1 cm³/mol. The molecule has 1 atom stereocenters. The molecule has 1 aliphatic rings. The summed E-state index contributed by atoms with van der Waals surface area (Å²) in [5, 5.41) is 2.47. The monoisotopic (exact) mass is 305 g/mol. The number of nitrogen functional groups attached to an aromatic ring is 1. The van der Waals surface area contributed by atoms with Gasteiger partial charge in [-0.15, -0.1) is 0 Å².